The highest BCUT2D eigenvalue weighted by molar-refractivity contribution is 9.10. The summed E-state index contributed by atoms with van der Waals surface area (Å²) in [6.07, 6.45) is 2.65. The maximum absolute atomic E-state index is 3.62. The molecule has 2 atom stereocenters. The lowest BCUT2D eigenvalue weighted by Crippen LogP contribution is -2.44. The average Bonchev–Trinajstić information content (AvgIpc) is 2.63. The van der Waals surface area contributed by atoms with Crippen LogP contribution in [0.1, 0.15) is 24.6 Å². The Labute approximate surface area is 117 Å². The van der Waals surface area contributed by atoms with Crippen molar-refractivity contribution in [1.82, 2.24) is 10.2 Å². The number of thiophene rings is 1. The molecule has 17 heavy (non-hydrogen) atoms. The molecule has 0 amide bonds. The van der Waals surface area contributed by atoms with E-state index in [0.717, 1.165) is 19.0 Å². The van der Waals surface area contributed by atoms with Gasteiger partial charge in [0, 0.05) is 33.9 Å². The van der Waals surface area contributed by atoms with Crippen LogP contribution in [0.2, 0.25) is 0 Å². The summed E-state index contributed by atoms with van der Waals surface area (Å²) in [5, 5.41) is 5.78. The van der Waals surface area contributed by atoms with Gasteiger partial charge in [-0.1, -0.05) is 6.92 Å². The lowest BCUT2D eigenvalue weighted by molar-refractivity contribution is 0.231. The van der Waals surface area contributed by atoms with E-state index in [4.69, 9.17) is 0 Å². The first-order chi connectivity index (χ1) is 8.13. The molecule has 0 aromatic carbocycles. The fourth-order valence-corrected chi connectivity index (χ4v) is 4.03. The van der Waals surface area contributed by atoms with E-state index in [2.05, 4.69) is 51.6 Å². The highest BCUT2D eigenvalue weighted by atomic mass is 79.9. The number of hydrogen-bond donors (Lipinski definition) is 1. The molecule has 2 unspecified atom stereocenters. The summed E-state index contributed by atoms with van der Waals surface area (Å²) in [6, 6.07) is 2.89. The topological polar surface area (TPSA) is 15.3 Å². The third-order valence-electron chi connectivity index (χ3n) is 3.34. The number of nitrogens with one attached hydrogen (secondary N) is 1. The molecule has 1 saturated heterocycles. The third-order valence-corrected chi connectivity index (χ3v) is 5.02. The molecule has 1 N–H and O–H groups in total. The van der Waals surface area contributed by atoms with E-state index < -0.39 is 0 Å². The zero-order chi connectivity index (χ0) is 12.3. The van der Waals surface area contributed by atoms with Crippen molar-refractivity contribution in [2.24, 2.45) is 5.92 Å². The van der Waals surface area contributed by atoms with E-state index in [1.807, 2.05) is 11.3 Å². The quantitative estimate of drug-likeness (QED) is 0.916. The van der Waals surface area contributed by atoms with E-state index >= 15 is 0 Å². The number of nitrogens with zero attached hydrogens (tertiary/aromatic N) is 1. The monoisotopic (exact) mass is 316 g/mol. The Morgan fingerprint density at radius 1 is 1.59 bits per heavy atom. The molecule has 0 aliphatic carbocycles. The Morgan fingerprint density at radius 2 is 2.41 bits per heavy atom. The fraction of sp³-hybridized carbons (Fsp3) is 0.692. The molecule has 1 aromatic heterocycles. The summed E-state index contributed by atoms with van der Waals surface area (Å²) in [7, 11) is 2.22. The molecule has 4 heteroatoms. The molecule has 96 valence electrons. The van der Waals surface area contributed by atoms with Crippen LogP contribution in [0.25, 0.3) is 0 Å². The highest BCUT2D eigenvalue weighted by Gasteiger charge is 2.19. The van der Waals surface area contributed by atoms with Crippen molar-refractivity contribution in [2.75, 3.05) is 20.1 Å². The van der Waals surface area contributed by atoms with Gasteiger partial charge in [-0.15, -0.1) is 11.3 Å². The van der Waals surface area contributed by atoms with E-state index in [0.29, 0.717) is 6.04 Å². The zero-order valence-corrected chi connectivity index (χ0v) is 13.0. The molecule has 1 aliphatic rings. The molecule has 0 radical (unpaired) electrons. The fourth-order valence-electron chi connectivity index (χ4n) is 2.50. The van der Waals surface area contributed by atoms with Crippen LogP contribution in [0, 0.1) is 5.92 Å². The standard InChI is InChI=1S/C13H21BrN2S/c1-10-3-4-15-12(5-10)7-16(2)8-13-6-11(14)9-17-13/h6,9-10,12,15H,3-5,7-8H2,1-2H3. The maximum atomic E-state index is 3.62. The van der Waals surface area contributed by atoms with Gasteiger partial charge in [0.1, 0.15) is 0 Å². The van der Waals surface area contributed by atoms with Gasteiger partial charge in [-0.2, -0.15) is 0 Å². The molecule has 0 saturated carbocycles. The van der Waals surface area contributed by atoms with Crippen LogP contribution in [-0.4, -0.2) is 31.1 Å². The first kappa shape index (κ1) is 13.5. The summed E-state index contributed by atoms with van der Waals surface area (Å²) < 4.78 is 1.20. The van der Waals surface area contributed by atoms with Crippen molar-refractivity contribution < 1.29 is 0 Å². The van der Waals surface area contributed by atoms with Gasteiger partial charge in [0.05, 0.1) is 0 Å². The minimum Gasteiger partial charge on any atom is -0.313 e. The lowest BCUT2D eigenvalue weighted by Gasteiger charge is -2.31. The highest BCUT2D eigenvalue weighted by Crippen LogP contribution is 2.21. The van der Waals surface area contributed by atoms with Crippen LogP contribution in [-0.2, 0) is 6.54 Å². The lowest BCUT2D eigenvalue weighted by atomic mass is 9.94. The molecule has 2 rings (SSSR count). The minimum absolute atomic E-state index is 0.673. The predicted molar refractivity (Wildman–Crippen MR) is 78.5 cm³/mol. The van der Waals surface area contributed by atoms with Gasteiger partial charge < -0.3 is 5.32 Å². The van der Waals surface area contributed by atoms with E-state index in [-0.39, 0.29) is 0 Å². The van der Waals surface area contributed by atoms with E-state index in [9.17, 15) is 0 Å². The van der Waals surface area contributed by atoms with Crippen LogP contribution in [0.15, 0.2) is 15.9 Å². The second-order valence-corrected chi connectivity index (χ2v) is 7.12. The predicted octanol–water partition coefficient (Wildman–Crippen LogP) is 3.33. The maximum Gasteiger partial charge on any atom is 0.0325 e. The summed E-state index contributed by atoms with van der Waals surface area (Å²) in [4.78, 5) is 3.86. The molecule has 1 aromatic rings. The third kappa shape index (κ3) is 4.36. The molecular formula is C13H21BrN2S. The Balaban J connectivity index is 1.78. The number of rotatable bonds is 4. The van der Waals surface area contributed by atoms with Gasteiger partial charge in [0.15, 0.2) is 0 Å². The van der Waals surface area contributed by atoms with Gasteiger partial charge >= 0.3 is 0 Å². The minimum atomic E-state index is 0.673. The van der Waals surface area contributed by atoms with Crippen LogP contribution in [0.3, 0.4) is 0 Å². The molecule has 0 spiro atoms. The van der Waals surface area contributed by atoms with E-state index in [1.165, 1.54) is 28.7 Å². The van der Waals surface area contributed by atoms with Gasteiger partial charge in [-0.05, 0) is 54.3 Å². The second-order valence-electron chi connectivity index (χ2n) is 5.21. The van der Waals surface area contributed by atoms with Gasteiger partial charge in [-0.25, -0.2) is 0 Å². The molecule has 0 bridgehead atoms. The number of halogens is 1. The smallest absolute Gasteiger partial charge is 0.0325 e. The largest absolute Gasteiger partial charge is 0.313 e. The van der Waals surface area contributed by atoms with Crippen molar-refractivity contribution in [3.8, 4) is 0 Å². The van der Waals surface area contributed by atoms with Crippen LogP contribution >= 0.6 is 27.3 Å². The van der Waals surface area contributed by atoms with E-state index in [1.54, 1.807) is 0 Å². The molecule has 1 fully saturated rings. The average molecular weight is 317 g/mol. The Hall–Kier alpha value is 0.1000. The zero-order valence-electron chi connectivity index (χ0n) is 10.6. The van der Waals surface area contributed by atoms with Crippen molar-refractivity contribution in [3.05, 3.63) is 20.8 Å². The second kappa shape index (κ2) is 6.32. The normalized spacial score (nSPS) is 25.4. The molecule has 2 nitrogen and oxygen atoms in total. The van der Waals surface area contributed by atoms with Crippen LogP contribution in [0.5, 0.6) is 0 Å². The Morgan fingerprint density at radius 3 is 3.06 bits per heavy atom. The Bertz CT molecular complexity index is 353. The van der Waals surface area contributed by atoms with Gasteiger partial charge in [0.25, 0.3) is 0 Å². The number of likely N-dealkylation sites (N-methyl/N-ethyl adjacent to an activating group) is 1. The van der Waals surface area contributed by atoms with Crippen molar-refractivity contribution in [2.45, 2.75) is 32.4 Å². The summed E-state index contributed by atoms with van der Waals surface area (Å²) in [6.45, 7) is 5.76. The number of piperidine rings is 1. The van der Waals surface area contributed by atoms with Crippen LogP contribution < -0.4 is 5.32 Å². The first-order valence-electron chi connectivity index (χ1n) is 6.28. The first-order valence-corrected chi connectivity index (χ1v) is 7.95. The van der Waals surface area contributed by atoms with Gasteiger partial charge in [-0.3, -0.25) is 4.90 Å². The van der Waals surface area contributed by atoms with Crippen molar-refractivity contribution >= 4 is 27.3 Å². The number of hydrogen-bond acceptors (Lipinski definition) is 3. The van der Waals surface area contributed by atoms with Crippen molar-refractivity contribution in [1.29, 1.82) is 0 Å². The van der Waals surface area contributed by atoms with Crippen LogP contribution in [0.4, 0.5) is 0 Å². The Kier molecular flexibility index (Phi) is 5.03. The SMILES string of the molecule is CC1CCNC(CN(C)Cc2cc(Br)cs2)C1. The molecular weight excluding hydrogens is 296 g/mol. The summed E-state index contributed by atoms with van der Waals surface area (Å²) in [5.74, 6) is 0.880. The summed E-state index contributed by atoms with van der Waals surface area (Å²) in [5.41, 5.74) is 0. The summed E-state index contributed by atoms with van der Waals surface area (Å²) >= 11 is 5.34. The van der Waals surface area contributed by atoms with Gasteiger partial charge in [0.2, 0.25) is 0 Å². The molecule has 2 heterocycles. The molecule has 1 aliphatic heterocycles. The van der Waals surface area contributed by atoms with Crippen molar-refractivity contribution in [3.63, 3.8) is 0 Å².